The second-order valence-corrected chi connectivity index (χ2v) is 4.88. The van der Waals surface area contributed by atoms with Gasteiger partial charge in [-0.15, -0.1) is 0 Å². The molecule has 1 saturated heterocycles. The fourth-order valence-electron chi connectivity index (χ4n) is 1.67. The molecule has 0 saturated carbocycles. The molecule has 1 rings (SSSR count). The number of nitrogens with zero attached hydrogens (tertiary/aromatic N) is 2. The van der Waals surface area contributed by atoms with Crippen molar-refractivity contribution in [2.45, 2.75) is 20.3 Å². The summed E-state index contributed by atoms with van der Waals surface area (Å²) >= 11 is 5.07. The molecule has 1 amide bonds. The van der Waals surface area contributed by atoms with E-state index in [0.29, 0.717) is 24.4 Å². The van der Waals surface area contributed by atoms with Crippen molar-refractivity contribution in [2.24, 2.45) is 11.8 Å². The molecule has 88 valence electrons. The van der Waals surface area contributed by atoms with Crippen LogP contribution in [0.2, 0.25) is 0 Å². The average Bonchev–Trinajstić information content (AvgIpc) is 2.23. The van der Waals surface area contributed by atoms with E-state index in [9.17, 15) is 4.79 Å². The van der Waals surface area contributed by atoms with E-state index >= 15 is 0 Å². The lowest BCUT2D eigenvalue weighted by molar-refractivity contribution is -0.133. The van der Waals surface area contributed by atoms with Crippen molar-refractivity contribution in [2.75, 3.05) is 20.4 Å². The standard InChI is InChI=1S/C10H17BN2O2S/c1-7(2)4-8-5-15-6-12(3)10(16)13(11)9(8)14/h7-8H,4-6H2,1-3H3. The molecule has 1 aliphatic rings. The first-order valence-corrected chi connectivity index (χ1v) is 5.75. The van der Waals surface area contributed by atoms with Gasteiger partial charge in [-0.2, -0.15) is 0 Å². The van der Waals surface area contributed by atoms with Crippen LogP contribution in [-0.4, -0.2) is 49.1 Å². The molecule has 0 spiro atoms. The van der Waals surface area contributed by atoms with Crippen LogP contribution in [0.3, 0.4) is 0 Å². The van der Waals surface area contributed by atoms with Crippen molar-refractivity contribution in [3.8, 4) is 0 Å². The van der Waals surface area contributed by atoms with Crippen LogP contribution in [0.15, 0.2) is 0 Å². The lowest BCUT2D eigenvalue weighted by Crippen LogP contribution is -2.49. The van der Waals surface area contributed by atoms with E-state index in [2.05, 4.69) is 13.8 Å². The molecule has 16 heavy (non-hydrogen) atoms. The first-order valence-electron chi connectivity index (χ1n) is 5.35. The van der Waals surface area contributed by atoms with Gasteiger partial charge in [0, 0.05) is 7.05 Å². The number of carbonyl (C=O) groups is 1. The van der Waals surface area contributed by atoms with Crippen LogP contribution in [0.4, 0.5) is 0 Å². The van der Waals surface area contributed by atoms with Crippen molar-refractivity contribution < 1.29 is 9.53 Å². The number of ether oxygens (including phenoxy) is 1. The van der Waals surface area contributed by atoms with Gasteiger partial charge < -0.3 is 14.4 Å². The highest BCUT2D eigenvalue weighted by molar-refractivity contribution is 7.80. The van der Waals surface area contributed by atoms with Crippen LogP contribution in [0.25, 0.3) is 0 Å². The highest BCUT2D eigenvalue weighted by atomic mass is 32.1. The number of thiocarbonyl (C=S) groups is 1. The third-order valence-corrected chi connectivity index (χ3v) is 2.99. The van der Waals surface area contributed by atoms with Crippen LogP contribution in [0.1, 0.15) is 20.3 Å². The summed E-state index contributed by atoms with van der Waals surface area (Å²) in [6.07, 6.45) is 0.763. The predicted octanol–water partition coefficient (Wildman–Crippen LogP) is 0.765. The van der Waals surface area contributed by atoms with Crippen LogP contribution in [0, 0.1) is 11.8 Å². The molecule has 1 atom stereocenters. The summed E-state index contributed by atoms with van der Waals surface area (Å²) in [6, 6.07) is 0. The third kappa shape index (κ3) is 3.19. The van der Waals surface area contributed by atoms with E-state index in [1.54, 1.807) is 11.9 Å². The topological polar surface area (TPSA) is 32.8 Å². The summed E-state index contributed by atoms with van der Waals surface area (Å²) in [4.78, 5) is 14.7. The van der Waals surface area contributed by atoms with Crippen molar-refractivity contribution in [3.63, 3.8) is 0 Å². The zero-order valence-corrected chi connectivity index (χ0v) is 10.8. The fraction of sp³-hybridized carbons (Fsp3) is 0.800. The van der Waals surface area contributed by atoms with Crippen LogP contribution >= 0.6 is 12.2 Å². The first kappa shape index (κ1) is 13.4. The SMILES string of the molecule is [B]N1C(=O)C(CC(C)C)COCN(C)C1=S. The smallest absolute Gasteiger partial charge is 0.241 e. The first-order chi connectivity index (χ1) is 7.43. The molecular formula is C10H17BN2O2S. The molecular weight excluding hydrogens is 223 g/mol. The van der Waals surface area contributed by atoms with Crippen molar-refractivity contribution in [1.82, 2.24) is 9.71 Å². The Morgan fingerprint density at radius 2 is 2.25 bits per heavy atom. The Hall–Kier alpha value is -0.615. The van der Waals surface area contributed by atoms with E-state index in [4.69, 9.17) is 24.9 Å². The van der Waals surface area contributed by atoms with Gasteiger partial charge in [-0.3, -0.25) is 4.79 Å². The molecule has 0 aromatic heterocycles. The molecule has 0 bridgehead atoms. The monoisotopic (exact) mass is 240 g/mol. The maximum Gasteiger partial charge on any atom is 0.241 e. The summed E-state index contributed by atoms with van der Waals surface area (Å²) in [5, 5.41) is 0.304. The Labute approximate surface area is 103 Å². The second kappa shape index (κ2) is 5.64. The minimum atomic E-state index is -0.198. The Morgan fingerprint density at radius 3 is 2.81 bits per heavy atom. The van der Waals surface area contributed by atoms with Crippen molar-refractivity contribution >= 4 is 31.2 Å². The van der Waals surface area contributed by atoms with E-state index in [1.807, 2.05) is 0 Å². The maximum atomic E-state index is 12.0. The summed E-state index contributed by atoms with van der Waals surface area (Å²) < 4.78 is 5.42. The Bertz CT molecular complexity index is 286. The summed E-state index contributed by atoms with van der Waals surface area (Å²) in [5.41, 5.74) is 0. The Kier molecular flexibility index (Phi) is 4.74. The largest absolute Gasteiger partial charge is 0.360 e. The van der Waals surface area contributed by atoms with Gasteiger partial charge in [0.25, 0.3) is 0 Å². The second-order valence-electron chi connectivity index (χ2n) is 4.52. The minimum absolute atomic E-state index is 0.162. The van der Waals surface area contributed by atoms with Gasteiger partial charge in [-0.05, 0) is 24.6 Å². The molecule has 1 fully saturated rings. The average molecular weight is 240 g/mol. The van der Waals surface area contributed by atoms with Gasteiger partial charge in [-0.1, -0.05) is 13.8 Å². The quantitative estimate of drug-likeness (QED) is 0.527. The molecule has 1 aliphatic heterocycles. The summed E-state index contributed by atoms with van der Waals surface area (Å²) in [7, 11) is 7.44. The highest BCUT2D eigenvalue weighted by Gasteiger charge is 2.28. The molecule has 0 aliphatic carbocycles. The van der Waals surface area contributed by atoms with Crippen LogP contribution in [0.5, 0.6) is 0 Å². The van der Waals surface area contributed by atoms with Gasteiger partial charge in [0.05, 0.1) is 12.5 Å². The van der Waals surface area contributed by atoms with Crippen LogP contribution in [-0.2, 0) is 9.53 Å². The van der Waals surface area contributed by atoms with E-state index in [1.165, 1.54) is 0 Å². The van der Waals surface area contributed by atoms with Crippen molar-refractivity contribution in [1.29, 1.82) is 0 Å². The minimum Gasteiger partial charge on any atom is -0.360 e. The number of hydrogen-bond acceptors (Lipinski definition) is 3. The van der Waals surface area contributed by atoms with Gasteiger partial charge in [0.15, 0.2) is 5.11 Å². The van der Waals surface area contributed by atoms with Gasteiger partial charge in [-0.25, -0.2) is 0 Å². The Balaban J connectivity index is 2.75. The number of rotatable bonds is 2. The number of carbonyl (C=O) groups excluding carboxylic acids is 1. The van der Waals surface area contributed by atoms with E-state index < -0.39 is 0 Å². The van der Waals surface area contributed by atoms with Gasteiger partial charge >= 0.3 is 0 Å². The van der Waals surface area contributed by atoms with E-state index in [-0.39, 0.29) is 11.8 Å². The van der Waals surface area contributed by atoms with Crippen LogP contribution < -0.4 is 0 Å². The fourth-order valence-corrected chi connectivity index (χ4v) is 1.81. The molecule has 0 N–H and O–H groups in total. The zero-order valence-electron chi connectivity index (χ0n) is 9.97. The van der Waals surface area contributed by atoms with E-state index in [0.717, 1.165) is 11.2 Å². The maximum absolute atomic E-state index is 12.0. The van der Waals surface area contributed by atoms with Gasteiger partial charge in [0.1, 0.15) is 6.73 Å². The predicted molar refractivity (Wildman–Crippen MR) is 66.7 cm³/mol. The molecule has 1 heterocycles. The molecule has 2 radical (unpaired) electrons. The lowest BCUT2D eigenvalue weighted by atomic mass is 9.95. The number of amides is 1. The molecule has 1 unspecified atom stereocenters. The summed E-state index contributed by atoms with van der Waals surface area (Å²) in [6.45, 7) is 4.90. The normalized spacial score (nSPS) is 23.6. The highest BCUT2D eigenvalue weighted by Crippen LogP contribution is 2.17. The number of hydrogen-bond donors (Lipinski definition) is 0. The Morgan fingerprint density at radius 1 is 1.62 bits per heavy atom. The molecule has 0 aromatic carbocycles. The lowest BCUT2D eigenvalue weighted by Gasteiger charge is -2.33. The summed E-state index contributed by atoms with van der Waals surface area (Å²) in [5.74, 6) is 0.0681. The third-order valence-electron chi connectivity index (χ3n) is 2.48. The molecule has 0 aromatic rings. The zero-order chi connectivity index (χ0) is 12.3. The molecule has 4 nitrogen and oxygen atoms in total. The molecule has 6 heteroatoms. The van der Waals surface area contributed by atoms with Gasteiger partial charge in [0.2, 0.25) is 13.9 Å². The van der Waals surface area contributed by atoms with Crippen molar-refractivity contribution in [3.05, 3.63) is 0 Å².